The highest BCUT2D eigenvalue weighted by Gasteiger charge is 2.26. The molecule has 4 heteroatoms. The molecule has 13 heavy (non-hydrogen) atoms. The Kier molecular flexibility index (Phi) is 3.73. The first kappa shape index (κ1) is 10.0. The van der Waals surface area contributed by atoms with Crippen LogP contribution >= 0.6 is 0 Å². The molecule has 0 spiro atoms. The van der Waals surface area contributed by atoms with Crippen LogP contribution in [0.3, 0.4) is 0 Å². The Bertz CT molecular complexity index is 213. The standard InChI is InChI=1S/C9H17N3O/c1-3-4-5-6-7-8(13)12-9(10-2)11-7/h7H,3-6H2,1-2H3,(H2,10,11,12,13). The third kappa shape index (κ3) is 2.72. The van der Waals surface area contributed by atoms with Crippen molar-refractivity contribution in [3.63, 3.8) is 0 Å². The highest BCUT2D eigenvalue weighted by molar-refractivity contribution is 6.06. The first-order valence-corrected chi connectivity index (χ1v) is 4.82. The summed E-state index contributed by atoms with van der Waals surface area (Å²) in [6.07, 6.45) is 4.37. The largest absolute Gasteiger partial charge is 0.344 e. The molecule has 1 amide bonds. The summed E-state index contributed by atoms with van der Waals surface area (Å²) in [5.41, 5.74) is 0. The molecule has 2 N–H and O–H groups in total. The van der Waals surface area contributed by atoms with Crippen LogP contribution in [-0.4, -0.2) is 25.0 Å². The predicted octanol–water partition coefficient (Wildman–Crippen LogP) is 0.640. The summed E-state index contributed by atoms with van der Waals surface area (Å²) in [5.74, 6) is 0.656. The number of unbranched alkanes of at least 4 members (excludes halogenated alkanes) is 2. The number of guanidine groups is 1. The average molecular weight is 183 g/mol. The van der Waals surface area contributed by atoms with Gasteiger partial charge < -0.3 is 5.32 Å². The van der Waals surface area contributed by atoms with Gasteiger partial charge in [0, 0.05) is 7.05 Å². The molecule has 1 unspecified atom stereocenters. The number of amides is 1. The predicted molar refractivity (Wildman–Crippen MR) is 52.6 cm³/mol. The van der Waals surface area contributed by atoms with Crippen LogP contribution in [0.2, 0.25) is 0 Å². The van der Waals surface area contributed by atoms with Crippen molar-refractivity contribution >= 4 is 11.9 Å². The summed E-state index contributed by atoms with van der Waals surface area (Å²) >= 11 is 0. The van der Waals surface area contributed by atoms with E-state index in [1.807, 2.05) is 0 Å². The summed E-state index contributed by atoms with van der Waals surface area (Å²) in [5, 5.41) is 5.72. The monoisotopic (exact) mass is 183 g/mol. The van der Waals surface area contributed by atoms with Gasteiger partial charge in [-0.15, -0.1) is 0 Å². The molecule has 0 aromatic heterocycles. The van der Waals surface area contributed by atoms with Crippen molar-refractivity contribution in [3.8, 4) is 0 Å². The molecule has 0 radical (unpaired) electrons. The number of hydrogen-bond acceptors (Lipinski definition) is 2. The van der Waals surface area contributed by atoms with E-state index in [0.717, 1.165) is 12.8 Å². The summed E-state index contributed by atoms with van der Waals surface area (Å²) in [6, 6.07) is -0.0646. The van der Waals surface area contributed by atoms with Crippen molar-refractivity contribution in [2.45, 2.75) is 38.6 Å². The van der Waals surface area contributed by atoms with E-state index < -0.39 is 0 Å². The zero-order valence-electron chi connectivity index (χ0n) is 8.26. The zero-order chi connectivity index (χ0) is 9.68. The van der Waals surface area contributed by atoms with Crippen molar-refractivity contribution in [1.29, 1.82) is 0 Å². The molecule has 74 valence electrons. The van der Waals surface area contributed by atoms with Crippen molar-refractivity contribution in [2.75, 3.05) is 7.05 Å². The maximum absolute atomic E-state index is 11.3. The summed E-state index contributed by atoms with van der Waals surface area (Å²) < 4.78 is 0. The fourth-order valence-corrected chi connectivity index (χ4v) is 1.39. The van der Waals surface area contributed by atoms with E-state index in [1.54, 1.807) is 7.05 Å². The Morgan fingerprint density at radius 3 is 2.77 bits per heavy atom. The van der Waals surface area contributed by atoms with Crippen LogP contribution in [0.4, 0.5) is 0 Å². The molecule has 0 saturated carbocycles. The first-order valence-electron chi connectivity index (χ1n) is 4.82. The van der Waals surface area contributed by atoms with Gasteiger partial charge in [-0.25, -0.2) is 0 Å². The Balaban J connectivity index is 2.31. The van der Waals surface area contributed by atoms with Crippen molar-refractivity contribution in [1.82, 2.24) is 10.6 Å². The molecule has 1 saturated heterocycles. The highest BCUT2D eigenvalue weighted by atomic mass is 16.2. The fraction of sp³-hybridized carbons (Fsp3) is 0.778. The minimum atomic E-state index is -0.0646. The number of carbonyl (C=O) groups excluding carboxylic acids is 1. The molecule has 0 bridgehead atoms. The van der Waals surface area contributed by atoms with Crippen LogP contribution in [0.15, 0.2) is 4.99 Å². The van der Waals surface area contributed by atoms with Crippen molar-refractivity contribution in [3.05, 3.63) is 0 Å². The van der Waals surface area contributed by atoms with E-state index in [-0.39, 0.29) is 11.9 Å². The van der Waals surface area contributed by atoms with Crippen LogP contribution in [0, 0.1) is 0 Å². The van der Waals surface area contributed by atoms with Crippen molar-refractivity contribution < 1.29 is 4.79 Å². The number of rotatable bonds is 4. The van der Waals surface area contributed by atoms with Gasteiger partial charge in [0.15, 0.2) is 5.96 Å². The topological polar surface area (TPSA) is 53.5 Å². The molecule has 0 aliphatic carbocycles. The normalized spacial score (nSPS) is 24.6. The second kappa shape index (κ2) is 4.84. The first-order chi connectivity index (χ1) is 6.27. The smallest absolute Gasteiger partial charge is 0.249 e. The van der Waals surface area contributed by atoms with E-state index >= 15 is 0 Å². The number of aliphatic imine (C=N–C) groups is 1. The highest BCUT2D eigenvalue weighted by Crippen LogP contribution is 2.06. The lowest BCUT2D eigenvalue weighted by molar-refractivity contribution is -0.120. The molecule has 1 fully saturated rings. The van der Waals surface area contributed by atoms with Gasteiger partial charge >= 0.3 is 0 Å². The average Bonchev–Trinajstić information content (AvgIpc) is 2.48. The number of hydrogen-bond donors (Lipinski definition) is 2. The van der Waals surface area contributed by atoms with Crippen LogP contribution in [-0.2, 0) is 4.79 Å². The van der Waals surface area contributed by atoms with E-state index in [2.05, 4.69) is 22.5 Å². The Morgan fingerprint density at radius 2 is 2.23 bits per heavy atom. The van der Waals surface area contributed by atoms with Gasteiger partial charge in [-0.3, -0.25) is 15.1 Å². The van der Waals surface area contributed by atoms with Crippen LogP contribution in [0.1, 0.15) is 32.6 Å². The van der Waals surface area contributed by atoms with Crippen LogP contribution in [0.5, 0.6) is 0 Å². The molecular weight excluding hydrogens is 166 g/mol. The summed E-state index contributed by atoms with van der Waals surface area (Å²) in [6.45, 7) is 2.15. The number of nitrogens with one attached hydrogen (secondary N) is 2. The number of nitrogens with zero attached hydrogens (tertiary/aromatic N) is 1. The minimum absolute atomic E-state index is 0.0525. The van der Waals surface area contributed by atoms with Gasteiger partial charge in [-0.1, -0.05) is 26.2 Å². The minimum Gasteiger partial charge on any atom is -0.344 e. The second-order valence-electron chi connectivity index (χ2n) is 3.25. The molecule has 1 aliphatic rings. The lowest BCUT2D eigenvalue weighted by Gasteiger charge is -2.05. The Labute approximate surface area is 78.8 Å². The van der Waals surface area contributed by atoms with Crippen molar-refractivity contribution in [2.24, 2.45) is 4.99 Å². The lowest BCUT2D eigenvalue weighted by Crippen LogP contribution is -2.29. The van der Waals surface area contributed by atoms with E-state index in [9.17, 15) is 4.79 Å². The quantitative estimate of drug-likeness (QED) is 0.628. The van der Waals surface area contributed by atoms with E-state index in [1.165, 1.54) is 12.8 Å². The summed E-state index contributed by atoms with van der Waals surface area (Å²) in [7, 11) is 1.66. The Hall–Kier alpha value is -1.06. The van der Waals surface area contributed by atoms with Crippen LogP contribution in [0.25, 0.3) is 0 Å². The maximum atomic E-state index is 11.3. The van der Waals surface area contributed by atoms with E-state index in [4.69, 9.17) is 0 Å². The molecular formula is C9H17N3O. The van der Waals surface area contributed by atoms with Gasteiger partial charge in [0.2, 0.25) is 5.91 Å². The fourth-order valence-electron chi connectivity index (χ4n) is 1.39. The molecule has 1 rings (SSSR count). The third-order valence-electron chi connectivity index (χ3n) is 2.19. The molecule has 1 atom stereocenters. The Morgan fingerprint density at radius 1 is 1.46 bits per heavy atom. The molecule has 4 nitrogen and oxygen atoms in total. The third-order valence-corrected chi connectivity index (χ3v) is 2.19. The van der Waals surface area contributed by atoms with Crippen LogP contribution < -0.4 is 10.6 Å². The second-order valence-corrected chi connectivity index (χ2v) is 3.25. The van der Waals surface area contributed by atoms with Gasteiger partial charge in [-0.05, 0) is 6.42 Å². The zero-order valence-corrected chi connectivity index (χ0v) is 8.26. The van der Waals surface area contributed by atoms with Gasteiger partial charge in [-0.2, -0.15) is 0 Å². The van der Waals surface area contributed by atoms with Gasteiger partial charge in [0.1, 0.15) is 6.04 Å². The maximum Gasteiger partial charge on any atom is 0.249 e. The van der Waals surface area contributed by atoms with Gasteiger partial charge in [0.25, 0.3) is 0 Å². The van der Waals surface area contributed by atoms with E-state index in [0.29, 0.717) is 5.96 Å². The van der Waals surface area contributed by atoms with Gasteiger partial charge in [0.05, 0.1) is 0 Å². The molecule has 1 aliphatic heterocycles. The SMILES string of the molecule is CCCCCC1NC(=NC)NC1=O. The number of carbonyl (C=O) groups is 1. The summed E-state index contributed by atoms with van der Waals surface area (Å²) in [4.78, 5) is 15.2. The lowest BCUT2D eigenvalue weighted by atomic mass is 10.1. The molecule has 0 aromatic rings. The molecule has 1 heterocycles. The molecule has 0 aromatic carbocycles.